The number of nitrogens with one attached hydrogen (secondary N) is 1. The second kappa shape index (κ2) is 8.14. The number of aromatic nitrogens is 2. The maximum Gasteiger partial charge on any atom is 0.317 e. The molecule has 0 spiro atoms. The lowest BCUT2D eigenvalue weighted by Crippen LogP contribution is -2.44. The highest BCUT2D eigenvalue weighted by molar-refractivity contribution is 5.74. The number of urea groups is 1. The number of rotatable bonds is 5. The van der Waals surface area contributed by atoms with E-state index in [1.54, 1.807) is 12.1 Å². The summed E-state index contributed by atoms with van der Waals surface area (Å²) in [5, 5.41) is 2.92. The highest BCUT2D eigenvalue weighted by Crippen LogP contribution is 2.20. The first-order chi connectivity index (χ1) is 12.2. The third-order valence-corrected chi connectivity index (χ3v) is 4.83. The van der Waals surface area contributed by atoms with Crippen molar-refractivity contribution in [3.05, 3.63) is 53.9 Å². The molecule has 134 valence electrons. The van der Waals surface area contributed by atoms with Gasteiger partial charge in [0.15, 0.2) is 0 Å². The molecule has 2 aromatic rings. The number of carbonyl (C=O) groups excluding carboxylic acids is 1. The number of aryl methyl sites for hydroxylation is 1. The minimum atomic E-state index is -0.263. The lowest BCUT2D eigenvalue weighted by Gasteiger charge is -2.32. The van der Waals surface area contributed by atoms with Crippen LogP contribution >= 0.6 is 0 Å². The van der Waals surface area contributed by atoms with Gasteiger partial charge in [-0.2, -0.15) is 0 Å². The molecule has 0 radical (unpaired) electrons. The molecule has 5 nitrogen and oxygen atoms in total. The molecule has 1 aliphatic heterocycles. The van der Waals surface area contributed by atoms with Crippen molar-refractivity contribution in [2.75, 3.05) is 13.1 Å². The number of hydrogen-bond acceptors (Lipinski definition) is 2. The van der Waals surface area contributed by atoms with Gasteiger partial charge in [0.2, 0.25) is 0 Å². The number of hydrogen-bond donors (Lipinski definition) is 1. The van der Waals surface area contributed by atoms with Gasteiger partial charge < -0.3 is 14.8 Å². The molecule has 1 fully saturated rings. The number of amides is 2. The Kier molecular flexibility index (Phi) is 5.68. The Morgan fingerprint density at radius 3 is 2.68 bits per heavy atom. The van der Waals surface area contributed by atoms with Gasteiger partial charge in [-0.25, -0.2) is 14.2 Å². The van der Waals surface area contributed by atoms with Crippen LogP contribution in [-0.2, 0) is 19.5 Å². The SMILES string of the molecule is CCc1nccn1CC1CCN(C(=O)NCc2ccc(F)cc2)CC1. The number of halogens is 1. The van der Waals surface area contributed by atoms with E-state index in [-0.39, 0.29) is 11.8 Å². The van der Waals surface area contributed by atoms with Crippen molar-refractivity contribution in [3.63, 3.8) is 0 Å². The molecule has 3 rings (SSSR count). The Labute approximate surface area is 147 Å². The molecule has 0 bridgehead atoms. The van der Waals surface area contributed by atoms with E-state index in [0.29, 0.717) is 12.5 Å². The Balaban J connectivity index is 1.43. The average Bonchev–Trinajstić information content (AvgIpc) is 3.09. The van der Waals surface area contributed by atoms with Crippen LogP contribution in [0, 0.1) is 11.7 Å². The van der Waals surface area contributed by atoms with Crippen LogP contribution in [0.4, 0.5) is 9.18 Å². The van der Waals surface area contributed by atoms with Gasteiger partial charge in [-0.15, -0.1) is 0 Å². The van der Waals surface area contributed by atoms with E-state index in [1.807, 2.05) is 17.3 Å². The summed E-state index contributed by atoms with van der Waals surface area (Å²) in [5.74, 6) is 1.45. The second-order valence-electron chi connectivity index (χ2n) is 6.56. The fourth-order valence-electron chi connectivity index (χ4n) is 3.31. The zero-order valence-corrected chi connectivity index (χ0v) is 14.6. The maximum atomic E-state index is 12.9. The van der Waals surface area contributed by atoms with Crippen LogP contribution in [0.25, 0.3) is 0 Å². The summed E-state index contributed by atoms with van der Waals surface area (Å²) in [4.78, 5) is 18.5. The summed E-state index contributed by atoms with van der Waals surface area (Å²) >= 11 is 0. The minimum absolute atomic E-state index is 0.0420. The standard InChI is InChI=1S/C19H25FN4O/c1-2-18-21-9-12-24(18)14-16-7-10-23(11-8-16)19(25)22-13-15-3-5-17(20)6-4-15/h3-6,9,12,16H,2,7-8,10-11,13-14H2,1H3,(H,22,25). The first-order valence-electron chi connectivity index (χ1n) is 8.93. The van der Waals surface area contributed by atoms with Gasteiger partial charge in [0.25, 0.3) is 0 Å². The fourth-order valence-corrected chi connectivity index (χ4v) is 3.31. The maximum absolute atomic E-state index is 12.9. The average molecular weight is 344 g/mol. The summed E-state index contributed by atoms with van der Waals surface area (Å²) in [6.07, 6.45) is 6.85. The molecule has 1 aliphatic rings. The Bertz CT molecular complexity index is 690. The Morgan fingerprint density at radius 2 is 2.00 bits per heavy atom. The van der Waals surface area contributed by atoms with Gasteiger partial charge in [0, 0.05) is 45.0 Å². The smallest absolute Gasteiger partial charge is 0.317 e. The molecular weight excluding hydrogens is 319 g/mol. The monoisotopic (exact) mass is 344 g/mol. The summed E-state index contributed by atoms with van der Waals surface area (Å²) in [7, 11) is 0. The number of carbonyl (C=O) groups is 1. The predicted molar refractivity (Wildman–Crippen MR) is 94.5 cm³/mol. The molecule has 6 heteroatoms. The van der Waals surface area contributed by atoms with Crippen LogP contribution in [-0.4, -0.2) is 33.6 Å². The van der Waals surface area contributed by atoms with Gasteiger partial charge in [-0.1, -0.05) is 19.1 Å². The van der Waals surface area contributed by atoms with Gasteiger partial charge in [0.1, 0.15) is 11.6 Å². The summed E-state index contributed by atoms with van der Waals surface area (Å²) in [6.45, 7) is 5.07. The van der Waals surface area contributed by atoms with E-state index in [9.17, 15) is 9.18 Å². The molecule has 0 aliphatic carbocycles. The molecule has 0 saturated carbocycles. The van der Waals surface area contributed by atoms with Crippen LogP contribution in [0.2, 0.25) is 0 Å². The van der Waals surface area contributed by atoms with Crippen molar-refractivity contribution in [1.29, 1.82) is 0 Å². The van der Waals surface area contributed by atoms with E-state index in [0.717, 1.165) is 50.3 Å². The molecule has 2 amide bonds. The molecule has 25 heavy (non-hydrogen) atoms. The summed E-state index contributed by atoms with van der Waals surface area (Å²) in [5.41, 5.74) is 0.900. The van der Waals surface area contributed by atoms with Gasteiger partial charge in [0.05, 0.1) is 0 Å². The van der Waals surface area contributed by atoms with E-state index in [1.165, 1.54) is 12.1 Å². The topological polar surface area (TPSA) is 50.2 Å². The Hall–Kier alpha value is -2.37. The predicted octanol–water partition coefficient (Wildman–Crippen LogP) is 3.21. The largest absolute Gasteiger partial charge is 0.335 e. The first-order valence-corrected chi connectivity index (χ1v) is 8.93. The highest BCUT2D eigenvalue weighted by Gasteiger charge is 2.23. The normalized spacial score (nSPS) is 15.4. The number of imidazole rings is 1. The Morgan fingerprint density at radius 1 is 1.28 bits per heavy atom. The summed E-state index contributed by atoms with van der Waals surface area (Å²) in [6, 6.07) is 6.16. The van der Waals surface area contributed by atoms with Crippen LogP contribution in [0.5, 0.6) is 0 Å². The van der Waals surface area contributed by atoms with Crippen molar-refractivity contribution in [2.45, 2.75) is 39.3 Å². The molecule has 2 heterocycles. The van der Waals surface area contributed by atoms with E-state index in [4.69, 9.17) is 0 Å². The molecule has 0 atom stereocenters. The zero-order chi connectivity index (χ0) is 17.6. The zero-order valence-electron chi connectivity index (χ0n) is 14.6. The van der Waals surface area contributed by atoms with Gasteiger partial charge in [-0.3, -0.25) is 0 Å². The van der Waals surface area contributed by atoms with Crippen molar-refractivity contribution in [3.8, 4) is 0 Å². The first kappa shape index (κ1) is 17.5. The quantitative estimate of drug-likeness (QED) is 0.905. The molecule has 0 unspecified atom stereocenters. The van der Waals surface area contributed by atoms with Crippen molar-refractivity contribution >= 4 is 6.03 Å². The minimum Gasteiger partial charge on any atom is -0.335 e. The van der Waals surface area contributed by atoms with Crippen LogP contribution in [0.1, 0.15) is 31.2 Å². The molecule has 1 aromatic carbocycles. The lowest BCUT2D eigenvalue weighted by atomic mass is 9.97. The molecular formula is C19H25FN4O. The number of piperidine rings is 1. The van der Waals surface area contributed by atoms with Crippen molar-refractivity contribution < 1.29 is 9.18 Å². The molecule has 1 N–H and O–H groups in total. The van der Waals surface area contributed by atoms with E-state index < -0.39 is 0 Å². The fraction of sp³-hybridized carbons (Fsp3) is 0.474. The van der Waals surface area contributed by atoms with Crippen molar-refractivity contribution in [2.24, 2.45) is 5.92 Å². The lowest BCUT2D eigenvalue weighted by molar-refractivity contribution is 0.165. The van der Waals surface area contributed by atoms with Crippen LogP contribution < -0.4 is 5.32 Å². The highest BCUT2D eigenvalue weighted by atomic mass is 19.1. The van der Waals surface area contributed by atoms with Gasteiger partial charge in [-0.05, 0) is 36.5 Å². The van der Waals surface area contributed by atoms with Crippen LogP contribution in [0.15, 0.2) is 36.7 Å². The van der Waals surface area contributed by atoms with Gasteiger partial charge >= 0.3 is 6.03 Å². The second-order valence-corrected chi connectivity index (χ2v) is 6.56. The number of nitrogens with zero attached hydrogens (tertiary/aromatic N) is 3. The molecule has 1 saturated heterocycles. The third-order valence-electron chi connectivity index (χ3n) is 4.83. The number of benzene rings is 1. The summed E-state index contributed by atoms with van der Waals surface area (Å²) < 4.78 is 15.1. The van der Waals surface area contributed by atoms with Crippen molar-refractivity contribution in [1.82, 2.24) is 19.8 Å². The van der Waals surface area contributed by atoms with E-state index >= 15 is 0 Å². The third kappa shape index (κ3) is 4.59. The number of likely N-dealkylation sites (tertiary alicyclic amines) is 1. The molecule has 1 aromatic heterocycles. The van der Waals surface area contributed by atoms with Crippen LogP contribution in [0.3, 0.4) is 0 Å². The van der Waals surface area contributed by atoms with E-state index in [2.05, 4.69) is 21.8 Å².